The third-order valence-corrected chi connectivity index (χ3v) is 0.820. The number of rotatable bonds is 0. The van der Waals surface area contributed by atoms with Gasteiger partial charge in [-0.05, 0) is 12.1 Å². The maximum Gasteiger partial charge on any atom is 0.157 e. The fourth-order valence-corrected chi connectivity index (χ4v) is 0.413. The SMILES string of the molecule is [2H]c1ccc(O)c(O)c1. The van der Waals surface area contributed by atoms with Gasteiger partial charge in [-0.2, -0.15) is 0 Å². The van der Waals surface area contributed by atoms with Gasteiger partial charge < -0.3 is 10.2 Å². The summed E-state index contributed by atoms with van der Waals surface area (Å²) in [5.74, 6) is -0.437. The zero-order valence-electron chi connectivity index (χ0n) is 5.13. The molecule has 2 nitrogen and oxygen atoms in total. The van der Waals surface area contributed by atoms with Gasteiger partial charge in [0.2, 0.25) is 0 Å². The minimum atomic E-state index is -0.248. The molecule has 1 aromatic rings. The van der Waals surface area contributed by atoms with Gasteiger partial charge in [0.25, 0.3) is 0 Å². The van der Waals surface area contributed by atoms with E-state index in [-0.39, 0.29) is 17.5 Å². The van der Waals surface area contributed by atoms with E-state index in [0.717, 1.165) is 0 Å². The number of hydrogen-bond donors (Lipinski definition) is 2. The second-order valence-electron chi connectivity index (χ2n) is 1.41. The molecular weight excluding hydrogens is 104 g/mol. The Kier molecular flexibility index (Phi) is 0.821. The van der Waals surface area contributed by atoms with Gasteiger partial charge in [0, 0.05) is 0 Å². The predicted molar refractivity (Wildman–Crippen MR) is 29.8 cm³/mol. The van der Waals surface area contributed by atoms with E-state index >= 15 is 0 Å². The summed E-state index contributed by atoms with van der Waals surface area (Å²) < 4.78 is 6.96. The topological polar surface area (TPSA) is 40.5 Å². The Hall–Kier alpha value is -1.18. The fourth-order valence-electron chi connectivity index (χ4n) is 0.413. The minimum absolute atomic E-state index is 0.185. The molecule has 1 aromatic carbocycles. The van der Waals surface area contributed by atoms with Crippen LogP contribution in [0, 0.1) is 0 Å². The van der Waals surface area contributed by atoms with E-state index in [2.05, 4.69) is 0 Å². The second kappa shape index (κ2) is 1.74. The first-order chi connectivity index (χ1) is 4.20. The van der Waals surface area contributed by atoms with Crippen LogP contribution in [0.15, 0.2) is 24.2 Å². The lowest BCUT2D eigenvalue weighted by molar-refractivity contribution is 0.404. The van der Waals surface area contributed by atoms with Crippen molar-refractivity contribution in [3.8, 4) is 11.5 Å². The van der Waals surface area contributed by atoms with E-state index in [4.69, 9.17) is 11.6 Å². The number of para-hydroxylation sites is 2. The molecule has 0 amide bonds. The summed E-state index contributed by atoms with van der Waals surface area (Å²) in [6.45, 7) is 0. The van der Waals surface area contributed by atoms with E-state index < -0.39 is 0 Å². The van der Waals surface area contributed by atoms with E-state index in [1.165, 1.54) is 18.2 Å². The van der Waals surface area contributed by atoms with Crippen LogP contribution < -0.4 is 0 Å². The lowest BCUT2D eigenvalue weighted by Crippen LogP contribution is -1.63. The fraction of sp³-hybridized carbons (Fsp3) is 0. The number of hydrogen-bond acceptors (Lipinski definition) is 2. The van der Waals surface area contributed by atoms with Gasteiger partial charge in [0.1, 0.15) is 0 Å². The highest BCUT2D eigenvalue weighted by Crippen LogP contribution is 2.21. The summed E-state index contributed by atoms with van der Waals surface area (Å²) in [4.78, 5) is 0. The summed E-state index contributed by atoms with van der Waals surface area (Å²) in [6, 6.07) is 4.03. The smallest absolute Gasteiger partial charge is 0.157 e. The predicted octanol–water partition coefficient (Wildman–Crippen LogP) is 1.10. The van der Waals surface area contributed by atoms with Gasteiger partial charge in [-0.15, -0.1) is 0 Å². The van der Waals surface area contributed by atoms with Crippen LogP contribution in [0.3, 0.4) is 0 Å². The quantitative estimate of drug-likeness (QED) is 0.492. The minimum Gasteiger partial charge on any atom is -0.504 e. The monoisotopic (exact) mass is 111 g/mol. The normalized spacial score (nSPS) is 10.8. The highest BCUT2D eigenvalue weighted by Gasteiger charge is 1.90. The molecule has 0 aromatic heterocycles. The summed E-state index contributed by atoms with van der Waals surface area (Å²) in [6.07, 6.45) is 0. The van der Waals surface area contributed by atoms with E-state index in [0.29, 0.717) is 0 Å². The van der Waals surface area contributed by atoms with Crippen LogP contribution in [0.5, 0.6) is 11.5 Å². The van der Waals surface area contributed by atoms with Crippen LogP contribution in [0.1, 0.15) is 1.37 Å². The molecule has 0 heterocycles. The molecule has 2 heteroatoms. The Morgan fingerprint density at radius 2 is 1.88 bits per heavy atom. The van der Waals surface area contributed by atoms with Gasteiger partial charge in [-0.25, -0.2) is 0 Å². The van der Waals surface area contributed by atoms with Gasteiger partial charge in [0.05, 0.1) is 1.37 Å². The Bertz CT molecular complexity index is 222. The first kappa shape index (κ1) is 3.78. The van der Waals surface area contributed by atoms with E-state index in [9.17, 15) is 0 Å². The van der Waals surface area contributed by atoms with Crippen LogP contribution in [0.4, 0.5) is 0 Å². The average Bonchev–Trinajstić information content (AvgIpc) is 1.80. The molecule has 0 bridgehead atoms. The summed E-state index contributed by atoms with van der Waals surface area (Å²) >= 11 is 0. The first-order valence-corrected chi connectivity index (χ1v) is 2.19. The van der Waals surface area contributed by atoms with Crippen molar-refractivity contribution in [1.82, 2.24) is 0 Å². The lowest BCUT2D eigenvalue weighted by atomic mass is 10.3. The molecule has 0 aliphatic rings. The van der Waals surface area contributed by atoms with Crippen LogP contribution in [0.2, 0.25) is 0 Å². The molecule has 0 unspecified atom stereocenters. The van der Waals surface area contributed by atoms with Crippen molar-refractivity contribution in [2.75, 3.05) is 0 Å². The molecule has 2 N–H and O–H groups in total. The van der Waals surface area contributed by atoms with Gasteiger partial charge >= 0.3 is 0 Å². The molecule has 1 rings (SSSR count). The summed E-state index contributed by atoms with van der Waals surface area (Å²) in [5, 5.41) is 17.4. The Morgan fingerprint density at radius 3 is 2.38 bits per heavy atom. The zero-order chi connectivity index (χ0) is 6.85. The molecule has 0 spiro atoms. The second-order valence-corrected chi connectivity index (χ2v) is 1.41. The van der Waals surface area contributed by atoms with Crippen molar-refractivity contribution in [2.24, 2.45) is 0 Å². The lowest BCUT2D eigenvalue weighted by Gasteiger charge is -1.91. The Morgan fingerprint density at radius 1 is 1.25 bits per heavy atom. The zero-order valence-corrected chi connectivity index (χ0v) is 4.13. The molecule has 0 fully saturated rings. The van der Waals surface area contributed by atoms with Gasteiger partial charge in [0.15, 0.2) is 11.5 Å². The average molecular weight is 111 g/mol. The molecule has 0 aliphatic heterocycles. The number of phenols is 2. The molecule has 42 valence electrons. The van der Waals surface area contributed by atoms with Crippen molar-refractivity contribution in [2.45, 2.75) is 0 Å². The van der Waals surface area contributed by atoms with Crippen molar-refractivity contribution in [3.05, 3.63) is 24.2 Å². The molecule has 0 radical (unpaired) electrons. The standard InChI is InChI=1S/C6H6O2/c7-5-3-1-2-4-6(5)8/h1-4,7-8H/i1D. The van der Waals surface area contributed by atoms with E-state index in [1.54, 1.807) is 0 Å². The third-order valence-electron chi connectivity index (χ3n) is 0.820. The van der Waals surface area contributed by atoms with Crippen molar-refractivity contribution in [3.63, 3.8) is 0 Å². The number of phenolic OH excluding ortho intramolecular Hbond substituents is 2. The number of aromatic hydroxyl groups is 2. The molecule has 0 aliphatic carbocycles. The van der Waals surface area contributed by atoms with Crippen molar-refractivity contribution in [1.29, 1.82) is 0 Å². The summed E-state index contributed by atoms with van der Waals surface area (Å²) in [7, 11) is 0. The van der Waals surface area contributed by atoms with Crippen LogP contribution in [-0.2, 0) is 0 Å². The van der Waals surface area contributed by atoms with Crippen LogP contribution >= 0.6 is 0 Å². The van der Waals surface area contributed by atoms with Crippen molar-refractivity contribution < 1.29 is 11.6 Å². The highest BCUT2D eigenvalue weighted by atomic mass is 16.3. The molecule has 0 saturated heterocycles. The highest BCUT2D eigenvalue weighted by molar-refractivity contribution is 5.36. The molecule has 8 heavy (non-hydrogen) atoms. The maximum atomic E-state index is 8.73. The van der Waals surface area contributed by atoms with Crippen LogP contribution in [-0.4, -0.2) is 10.2 Å². The maximum absolute atomic E-state index is 8.73. The Labute approximate surface area is 48.4 Å². The van der Waals surface area contributed by atoms with Gasteiger partial charge in [-0.1, -0.05) is 12.1 Å². The molecule has 0 atom stereocenters. The largest absolute Gasteiger partial charge is 0.504 e. The summed E-state index contributed by atoms with van der Waals surface area (Å²) in [5.41, 5.74) is 0. The first-order valence-electron chi connectivity index (χ1n) is 2.69. The van der Waals surface area contributed by atoms with Crippen molar-refractivity contribution >= 4 is 0 Å². The molecular formula is C6H6O2. The van der Waals surface area contributed by atoms with Gasteiger partial charge in [-0.3, -0.25) is 0 Å². The van der Waals surface area contributed by atoms with Crippen LogP contribution in [0.25, 0.3) is 0 Å². The van der Waals surface area contributed by atoms with E-state index in [1.807, 2.05) is 0 Å². The third kappa shape index (κ3) is 0.729. The Balaban J connectivity index is 3.17. The molecule has 0 saturated carbocycles. The number of benzene rings is 1.